The third-order valence-electron chi connectivity index (χ3n) is 9.30. The first-order valence-corrected chi connectivity index (χ1v) is 13.7. The fourth-order valence-electron chi connectivity index (χ4n) is 7.59. The summed E-state index contributed by atoms with van der Waals surface area (Å²) in [5, 5.41) is 0. The van der Waals surface area contributed by atoms with E-state index in [9.17, 15) is 9.35 Å². The average molecular weight is 465 g/mol. The molecular formula is C29H36O3S. The van der Waals surface area contributed by atoms with Crippen LogP contribution >= 0.6 is 0 Å². The molecule has 4 heteroatoms. The van der Waals surface area contributed by atoms with Gasteiger partial charge in [-0.05, 0) is 90.2 Å². The number of methoxy groups -OCH3 is 1. The van der Waals surface area contributed by atoms with E-state index >= 15 is 0 Å². The molecular weight excluding hydrogens is 428 g/mol. The van der Waals surface area contributed by atoms with Gasteiger partial charge < -0.3 is 9.29 Å². The zero-order chi connectivity index (χ0) is 23.4. The SMILES string of the molecule is CO/C(C[S+]([O-])c1ccccc1)=C1/CC[C@H]2[C@@H]3C[C@H](C)C4=CC(=O)CC[C@]4(C)C3=CC[C@]12C. The summed E-state index contributed by atoms with van der Waals surface area (Å²) in [6, 6.07) is 9.72. The van der Waals surface area contributed by atoms with Crippen molar-refractivity contribution < 1.29 is 14.1 Å². The van der Waals surface area contributed by atoms with Crippen LogP contribution in [-0.2, 0) is 20.7 Å². The number of ether oxygens (including phenoxy) is 1. The molecule has 0 radical (unpaired) electrons. The normalized spacial score (nSPS) is 37.8. The number of carbonyl (C=O) groups excluding carboxylic acids is 1. The number of allylic oxidation sites excluding steroid dienone is 5. The van der Waals surface area contributed by atoms with Crippen molar-refractivity contribution in [2.45, 2.75) is 64.2 Å². The van der Waals surface area contributed by atoms with Gasteiger partial charge in [0.05, 0.1) is 7.11 Å². The van der Waals surface area contributed by atoms with Crippen molar-refractivity contribution >= 4 is 17.0 Å². The van der Waals surface area contributed by atoms with E-state index in [0.29, 0.717) is 35.7 Å². The number of carbonyl (C=O) groups is 1. The molecule has 0 bridgehead atoms. The van der Waals surface area contributed by atoms with Crippen LogP contribution in [0.1, 0.15) is 59.3 Å². The predicted octanol–water partition coefficient (Wildman–Crippen LogP) is 6.39. The van der Waals surface area contributed by atoms with Crippen molar-refractivity contribution in [2.75, 3.05) is 12.9 Å². The Morgan fingerprint density at radius 3 is 2.67 bits per heavy atom. The molecule has 0 amide bonds. The molecule has 2 fully saturated rings. The van der Waals surface area contributed by atoms with Gasteiger partial charge >= 0.3 is 0 Å². The smallest absolute Gasteiger partial charge is 0.167 e. The first-order chi connectivity index (χ1) is 15.8. The van der Waals surface area contributed by atoms with Gasteiger partial charge in [-0.2, -0.15) is 0 Å². The lowest BCUT2D eigenvalue weighted by Crippen LogP contribution is -2.45. The van der Waals surface area contributed by atoms with Crippen LogP contribution in [0, 0.1) is 28.6 Å². The van der Waals surface area contributed by atoms with Crippen LogP contribution in [0.25, 0.3) is 0 Å². The van der Waals surface area contributed by atoms with Crippen LogP contribution in [-0.4, -0.2) is 23.2 Å². The molecule has 1 aromatic carbocycles. The second kappa shape index (κ2) is 8.46. The molecule has 0 aliphatic heterocycles. The molecule has 0 N–H and O–H groups in total. The Morgan fingerprint density at radius 2 is 1.94 bits per heavy atom. The van der Waals surface area contributed by atoms with Crippen LogP contribution < -0.4 is 0 Å². The number of hydrogen-bond donors (Lipinski definition) is 0. The summed E-state index contributed by atoms with van der Waals surface area (Å²) < 4.78 is 19.0. The summed E-state index contributed by atoms with van der Waals surface area (Å²) in [4.78, 5) is 13.1. The molecule has 33 heavy (non-hydrogen) atoms. The van der Waals surface area contributed by atoms with E-state index in [-0.39, 0.29) is 10.8 Å². The monoisotopic (exact) mass is 464 g/mol. The number of hydrogen-bond acceptors (Lipinski definition) is 3. The number of rotatable bonds is 4. The molecule has 1 aromatic rings. The Bertz CT molecular complexity index is 1040. The van der Waals surface area contributed by atoms with Gasteiger partial charge in [-0.3, -0.25) is 4.79 Å². The van der Waals surface area contributed by atoms with Crippen molar-refractivity contribution in [3.63, 3.8) is 0 Å². The molecule has 6 atom stereocenters. The van der Waals surface area contributed by atoms with Gasteiger partial charge in [0.15, 0.2) is 16.4 Å². The number of benzene rings is 1. The van der Waals surface area contributed by atoms with Crippen molar-refractivity contribution in [3.05, 3.63) is 65.0 Å². The highest BCUT2D eigenvalue weighted by Crippen LogP contribution is 2.65. The molecule has 0 saturated heterocycles. The molecule has 4 aliphatic carbocycles. The maximum Gasteiger partial charge on any atom is 0.167 e. The number of ketones is 1. The summed E-state index contributed by atoms with van der Waals surface area (Å²) in [6.07, 6.45) is 10.4. The van der Waals surface area contributed by atoms with Gasteiger partial charge in [0.1, 0.15) is 5.76 Å². The van der Waals surface area contributed by atoms with Crippen molar-refractivity contribution in [2.24, 2.45) is 28.6 Å². The summed E-state index contributed by atoms with van der Waals surface area (Å²) >= 11 is -1.11. The molecule has 2 saturated carbocycles. The van der Waals surface area contributed by atoms with Crippen LogP contribution in [0.5, 0.6) is 0 Å². The second-order valence-corrected chi connectivity index (χ2v) is 12.4. The lowest BCUT2D eigenvalue weighted by molar-refractivity contribution is -0.115. The van der Waals surface area contributed by atoms with E-state index in [4.69, 9.17) is 4.74 Å². The van der Waals surface area contributed by atoms with Crippen molar-refractivity contribution in [3.8, 4) is 0 Å². The molecule has 4 aliphatic rings. The first-order valence-electron chi connectivity index (χ1n) is 12.4. The van der Waals surface area contributed by atoms with Gasteiger partial charge in [0, 0.05) is 11.8 Å². The zero-order valence-corrected chi connectivity index (χ0v) is 21.2. The van der Waals surface area contributed by atoms with E-state index in [2.05, 4.69) is 26.8 Å². The lowest BCUT2D eigenvalue weighted by Gasteiger charge is -2.54. The Morgan fingerprint density at radius 1 is 1.18 bits per heavy atom. The van der Waals surface area contributed by atoms with E-state index < -0.39 is 11.2 Å². The minimum Gasteiger partial charge on any atom is -0.611 e. The van der Waals surface area contributed by atoms with Crippen LogP contribution in [0.3, 0.4) is 0 Å². The Hall–Kier alpha value is -1.78. The molecule has 0 aromatic heterocycles. The van der Waals surface area contributed by atoms with E-state index in [1.165, 1.54) is 17.6 Å². The fraction of sp³-hybridized carbons (Fsp3) is 0.552. The average Bonchev–Trinajstić information content (AvgIpc) is 3.16. The van der Waals surface area contributed by atoms with Gasteiger partial charge in [0.25, 0.3) is 0 Å². The molecule has 5 rings (SSSR count). The van der Waals surface area contributed by atoms with Gasteiger partial charge in [-0.1, -0.05) is 56.2 Å². The first kappa shape index (κ1) is 23.0. The Labute approximate surface area is 201 Å². The predicted molar refractivity (Wildman–Crippen MR) is 133 cm³/mol. The Balaban J connectivity index is 1.49. The zero-order valence-electron chi connectivity index (χ0n) is 20.4. The minimum atomic E-state index is -1.11. The van der Waals surface area contributed by atoms with Crippen LogP contribution in [0.15, 0.2) is 69.9 Å². The standard InChI is InChI=1S/C29H36O3S/c1-19-16-22-23-10-11-25(27(32-4)18-33(31)21-8-6-5-7-9-21)28(23,2)15-13-24(22)29(3)14-12-20(30)17-26(19)29/h5-9,13,17,19,22-23H,10-12,14-16,18H2,1-4H3/b27-25-/t19-,22-,23-,28-,29+,33?/m0/s1. The summed E-state index contributed by atoms with van der Waals surface area (Å²) in [5.74, 6) is 3.27. The summed E-state index contributed by atoms with van der Waals surface area (Å²) in [5.41, 5.74) is 4.45. The maximum atomic E-state index is 13.1. The molecule has 176 valence electrons. The van der Waals surface area contributed by atoms with Crippen molar-refractivity contribution in [1.82, 2.24) is 0 Å². The van der Waals surface area contributed by atoms with Gasteiger partial charge in [0.2, 0.25) is 0 Å². The van der Waals surface area contributed by atoms with Gasteiger partial charge in [-0.15, -0.1) is 0 Å². The van der Waals surface area contributed by atoms with Gasteiger partial charge in [-0.25, -0.2) is 0 Å². The third kappa shape index (κ3) is 3.65. The largest absolute Gasteiger partial charge is 0.611 e. The van der Waals surface area contributed by atoms with Crippen LogP contribution in [0.2, 0.25) is 0 Å². The lowest BCUT2D eigenvalue weighted by atomic mass is 9.50. The fourth-order valence-corrected chi connectivity index (χ4v) is 8.75. The second-order valence-electron chi connectivity index (χ2n) is 11.0. The highest BCUT2D eigenvalue weighted by molar-refractivity contribution is 7.91. The van der Waals surface area contributed by atoms with E-state index in [1.54, 1.807) is 12.7 Å². The van der Waals surface area contributed by atoms with Crippen LogP contribution in [0.4, 0.5) is 0 Å². The third-order valence-corrected chi connectivity index (χ3v) is 10.6. The topological polar surface area (TPSA) is 49.4 Å². The highest BCUT2D eigenvalue weighted by atomic mass is 32.2. The van der Waals surface area contributed by atoms with E-state index in [1.807, 2.05) is 36.4 Å². The quantitative estimate of drug-likeness (QED) is 0.295. The molecule has 0 spiro atoms. The minimum absolute atomic E-state index is 0.0446. The van der Waals surface area contributed by atoms with Crippen molar-refractivity contribution in [1.29, 1.82) is 0 Å². The molecule has 3 nitrogen and oxygen atoms in total. The maximum absolute atomic E-state index is 13.1. The molecule has 1 unspecified atom stereocenters. The summed E-state index contributed by atoms with van der Waals surface area (Å²) in [7, 11) is 1.74. The van der Waals surface area contributed by atoms with E-state index in [0.717, 1.165) is 36.3 Å². The number of fused-ring (bicyclic) bond motifs is 5. The Kier molecular flexibility index (Phi) is 5.89. The highest BCUT2D eigenvalue weighted by Gasteiger charge is 2.56. The summed E-state index contributed by atoms with van der Waals surface area (Å²) in [6.45, 7) is 7.12. The molecule has 0 heterocycles.